The van der Waals surface area contributed by atoms with E-state index >= 15 is 0 Å². The number of hydrogen-bond acceptors (Lipinski definition) is 3. The van der Waals surface area contributed by atoms with E-state index in [1.165, 1.54) is 0 Å². The average molecular weight is 346 g/mol. The van der Waals surface area contributed by atoms with Crippen molar-refractivity contribution >= 4 is 27.7 Å². The molecule has 0 atom stereocenters. The van der Waals surface area contributed by atoms with E-state index in [2.05, 4.69) is 15.9 Å². The van der Waals surface area contributed by atoms with E-state index in [1.807, 2.05) is 24.3 Å². The predicted octanol–water partition coefficient (Wildman–Crippen LogP) is 3.31. The average Bonchev–Trinajstić information content (AvgIpc) is 2.78. The molecular weight excluding hydrogens is 334 g/mol. The number of benzene rings is 2. The molecule has 2 aromatic rings. The van der Waals surface area contributed by atoms with Crippen LogP contribution in [0.25, 0.3) is 0 Å². The van der Waals surface area contributed by atoms with Gasteiger partial charge < -0.3 is 0 Å². The lowest BCUT2D eigenvalue weighted by Gasteiger charge is -2.13. The molecule has 21 heavy (non-hydrogen) atoms. The third kappa shape index (κ3) is 2.62. The summed E-state index contributed by atoms with van der Waals surface area (Å²) in [4.78, 5) is 29.6. The number of carbonyl (C=O) groups excluding carboxylic acids is 2. The Hall–Kier alpha value is -1.98. The van der Waals surface area contributed by atoms with E-state index in [0.717, 1.165) is 21.5 Å². The van der Waals surface area contributed by atoms with Gasteiger partial charge in [-0.3, -0.25) is 14.4 Å². The lowest BCUT2D eigenvalue weighted by molar-refractivity contribution is -0.101. The van der Waals surface area contributed by atoms with Crippen LogP contribution in [0, 0.1) is 0 Å². The molecule has 0 N–H and O–H groups in total. The number of fused-ring (bicyclic) bond motifs is 1. The Morgan fingerprint density at radius 3 is 1.90 bits per heavy atom. The van der Waals surface area contributed by atoms with Crippen LogP contribution < -0.4 is 0 Å². The van der Waals surface area contributed by atoms with Crippen molar-refractivity contribution in [3.05, 3.63) is 70.8 Å². The topological polar surface area (TPSA) is 46.6 Å². The Labute approximate surface area is 130 Å². The second-order valence-electron chi connectivity index (χ2n) is 4.67. The second-order valence-corrected chi connectivity index (χ2v) is 5.23. The van der Waals surface area contributed by atoms with Crippen LogP contribution in [0.2, 0.25) is 0 Å². The van der Waals surface area contributed by atoms with Gasteiger partial charge in [0.2, 0.25) is 0 Å². The molecule has 0 fully saturated rings. The van der Waals surface area contributed by atoms with Crippen LogP contribution in [0.3, 0.4) is 0 Å². The van der Waals surface area contributed by atoms with Crippen LogP contribution >= 0.6 is 15.9 Å². The Morgan fingerprint density at radius 2 is 1.38 bits per heavy atom. The number of carbonyl (C=O) groups is 2. The van der Waals surface area contributed by atoms with Gasteiger partial charge in [-0.15, -0.1) is 5.06 Å². The molecule has 0 unspecified atom stereocenters. The maximum absolute atomic E-state index is 12.1. The molecule has 1 heterocycles. The van der Waals surface area contributed by atoms with Crippen molar-refractivity contribution in [2.24, 2.45) is 0 Å². The maximum atomic E-state index is 12.1. The van der Waals surface area contributed by atoms with Crippen LogP contribution in [0.1, 0.15) is 31.8 Å². The molecule has 0 radical (unpaired) electrons. The van der Waals surface area contributed by atoms with Gasteiger partial charge in [-0.2, -0.15) is 0 Å². The summed E-state index contributed by atoms with van der Waals surface area (Å²) in [6.45, 7) is 0.175. The largest absolute Gasteiger partial charge is 0.285 e. The fourth-order valence-electron chi connectivity index (χ4n) is 2.15. The van der Waals surface area contributed by atoms with Crippen molar-refractivity contribution in [3.8, 4) is 0 Å². The highest BCUT2D eigenvalue weighted by molar-refractivity contribution is 9.08. The van der Waals surface area contributed by atoms with E-state index in [1.54, 1.807) is 24.3 Å². The minimum Gasteiger partial charge on any atom is -0.266 e. The summed E-state index contributed by atoms with van der Waals surface area (Å²) < 4.78 is 0. The minimum atomic E-state index is -0.410. The van der Waals surface area contributed by atoms with Crippen LogP contribution in [-0.4, -0.2) is 16.9 Å². The first-order valence-corrected chi connectivity index (χ1v) is 7.57. The molecule has 1 aliphatic rings. The molecule has 3 rings (SSSR count). The van der Waals surface area contributed by atoms with Gasteiger partial charge in [-0.1, -0.05) is 52.3 Å². The Balaban J connectivity index is 1.72. The van der Waals surface area contributed by atoms with E-state index in [-0.39, 0.29) is 6.61 Å². The van der Waals surface area contributed by atoms with Crippen molar-refractivity contribution in [1.29, 1.82) is 0 Å². The fourth-order valence-corrected chi connectivity index (χ4v) is 2.52. The molecule has 0 saturated carbocycles. The van der Waals surface area contributed by atoms with Gasteiger partial charge >= 0.3 is 0 Å². The highest BCUT2D eigenvalue weighted by Gasteiger charge is 2.36. The zero-order valence-corrected chi connectivity index (χ0v) is 12.7. The molecular formula is C16H12BrNO3. The van der Waals surface area contributed by atoms with Gasteiger partial charge in [0.15, 0.2) is 0 Å². The molecule has 106 valence electrons. The highest BCUT2D eigenvalue weighted by atomic mass is 79.9. The zero-order valence-electron chi connectivity index (χ0n) is 11.1. The van der Waals surface area contributed by atoms with Crippen molar-refractivity contribution in [1.82, 2.24) is 5.06 Å². The minimum absolute atomic E-state index is 0.175. The smallest absolute Gasteiger partial charge is 0.266 e. The first-order chi connectivity index (χ1) is 10.2. The highest BCUT2D eigenvalue weighted by Crippen LogP contribution is 2.23. The van der Waals surface area contributed by atoms with Gasteiger partial charge in [0.05, 0.1) is 11.1 Å². The summed E-state index contributed by atoms with van der Waals surface area (Å²) in [5.41, 5.74) is 2.82. The number of halogens is 1. The third-order valence-electron chi connectivity index (χ3n) is 3.29. The third-order valence-corrected chi connectivity index (χ3v) is 3.94. The summed E-state index contributed by atoms with van der Waals surface area (Å²) in [7, 11) is 0. The summed E-state index contributed by atoms with van der Waals surface area (Å²) in [6, 6.07) is 14.5. The SMILES string of the molecule is O=C1c2ccccc2C(=O)N1OCc1ccc(CBr)cc1. The van der Waals surface area contributed by atoms with Crippen molar-refractivity contribution in [3.63, 3.8) is 0 Å². The number of hydroxylamine groups is 2. The predicted molar refractivity (Wildman–Crippen MR) is 80.8 cm³/mol. The summed E-state index contributed by atoms with van der Waals surface area (Å²) in [5, 5.41) is 1.62. The number of imide groups is 1. The Bertz CT molecular complexity index is 662. The second kappa shape index (κ2) is 5.79. The molecule has 0 aliphatic carbocycles. The van der Waals surface area contributed by atoms with Crippen LogP contribution in [0.5, 0.6) is 0 Å². The van der Waals surface area contributed by atoms with Crippen LogP contribution in [0.15, 0.2) is 48.5 Å². The van der Waals surface area contributed by atoms with E-state index in [0.29, 0.717) is 11.1 Å². The lowest BCUT2D eigenvalue weighted by Crippen LogP contribution is -2.29. The van der Waals surface area contributed by atoms with Crippen molar-refractivity contribution in [2.75, 3.05) is 0 Å². The lowest BCUT2D eigenvalue weighted by atomic mass is 10.1. The first kappa shape index (κ1) is 14.0. The Kier molecular flexibility index (Phi) is 3.86. The number of nitrogens with zero attached hydrogens (tertiary/aromatic N) is 1. The van der Waals surface area contributed by atoms with Gasteiger partial charge in [0.1, 0.15) is 6.61 Å². The van der Waals surface area contributed by atoms with Gasteiger partial charge in [0.25, 0.3) is 11.8 Å². The molecule has 0 saturated heterocycles. The number of alkyl halides is 1. The summed E-state index contributed by atoms with van der Waals surface area (Å²) >= 11 is 3.38. The van der Waals surface area contributed by atoms with Crippen molar-refractivity contribution in [2.45, 2.75) is 11.9 Å². The summed E-state index contributed by atoms with van der Waals surface area (Å²) in [5.74, 6) is -0.819. The maximum Gasteiger partial charge on any atom is 0.285 e. The number of rotatable bonds is 4. The van der Waals surface area contributed by atoms with Crippen molar-refractivity contribution < 1.29 is 14.4 Å². The quantitative estimate of drug-likeness (QED) is 0.630. The van der Waals surface area contributed by atoms with Gasteiger partial charge in [-0.25, -0.2) is 0 Å². The molecule has 0 aromatic heterocycles. The number of amides is 2. The van der Waals surface area contributed by atoms with Gasteiger partial charge in [-0.05, 0) is 23.3 Å². The monoisotopic (exact) mass is 345 g/mol. The molecule has 1 aliphatic heterocycles. The normalized spacial score (nSPS) is 13.7. The molecule has 5 heteroatoms. The first-order valence-electron chi connectivity index (χ1n) is 6.45. The molecule has 2 aromatic carbocycles. The van der Waals surface area contributed by atoms with E-state index in [4.69, 9.17) is 4.84 Å². The zero-order chi connectivity index (χ0) is 14.8. The van der Waals surface area contributed by atoms with Crippen LogP contribution in [0.4, 0.5) is 0 Å². The van der Waals surface area contributed by atoms with Crippen LogP contribution in [-0.2, 0) is 16.8 Å². The van der Waals surface area contributed by atoms with Gasteiger partial charge in [0, 0.05) is 5.33 Å². The summed E-state index contributed by atoms with van der Waals surface area (Å²) in [6.07, 6.45) is 0. The molecule has 2 amide bonds. The number of hydrogen-bond donors (Lipinski definition) is 0. The fraction of sp³-hybridized carbons (Fsp3) is 0.125. The Morgan fingerprint density at radius 1 is 0.857 bits per heavy atom. The molecule has 0 spiro atoms. The van der Waals surface area contributed by atoms with E-state index in [9.17, 15) is 9.59 Å². The van der Waals surface area contributed by atoms with E-state index < -0.39 is 11.8 Å². The molecule has 0 bridgehead atoms. The standard InChI is InChI=1S/C16H12BrNO3/c17-9-11-5-7-12(8-6-11)10-21-18-15(19)13-3-1-2-4-14(13)16(18)20/h1-8H,9-10H2. The molecule has 4 nitrogen and oxygen atoms in total.